The van der Waals surface area contributed by atoms with E-state index in [1.54, 1.807) is 7.11 Å². The van der Waals surface area contributed by atoms with Crippen molar-refractivity contribution in [3.05, 3.63) is 84.4 Å². The summed E-state index contributed by atoms with van der Waals surface area (Å²) in [7, 11) is 2.18. The van der Waals surface area contributed by atoms with E-state index in [0.29, 0.717) is 17.7 Å². The Morgan fingerprint density at radius 1 is 0.906 bits per heavy atom. The number of ether oxygens (including phenoxy) is 1. The van der Waals surface area contributed by atoms with Crippen molar-refractivity contribution in [3.63, 3.8) is 0 Å². The van der Waals surface area contributed by atoms with Crippen molar-refractivity contribution in [1.29, 1.82) is 0 Å². The van der Waals surface area contributed by atoms with Crippen molar-refractivity contribution >= 4 is 24.0 Å². The van der Waals surface area contributed by atoms with Crippen LogP contribution in [-0.4, -0.2) is 27.8 Å². The lowest BCUT2D eigenvalue weighted by Gasteiger charge is -2.31. The number of methoxy groups -OCH3 is 1. The van der Waals surface area contributed by atoms with Gasteiger partial charge in [-0.2, -0.15) is 0 Å². The fourth-order valence-corrected chi connectivity index (χ4v) is 6.03. The maximum absolute atomic E-state index is 14.8. The summed E-state index contributed by atoms with van der Waals surface area (Å²) >= 11 is 0. The molecule has 3 rings (SSSR count). The van der Waals surface area contributed by atoms with Gasteiger partial charge in [-0.05, 0) is 48.4 Å². The Bertz CT molecular complexity index is 1040. The standard InChI is InChI=1S/C26H33N2O3P/c1-20(2)19-31-32(29,23-17-15-22(16-18-23)28(3)4)26(27-21-11-7-6-8-12-21)24-13-9-10-14-25(24)30-5/h6-18,20,26-27H,19H2,1-5H3/t26-,32-/m0/s1. The van der Waals surface area contributed by atoms with Crippen LogP contribution < -0.4 is 20.3 Å². The van der Waals surface area contributed by atoms with Crippen molar-refractivity contribution in [3.8, 4) is 5.75 Å². The molecule has 0 saturated heterocycles. The van der Waals surface area contributed by atoms with E-state index in [1.165, 1.54) is 0 Å². The number of nitrogens with one attached hydrogen (secondary N) is 1. The summed E-state index contributed by atoms with van der Waals surface area (Å²) in [5, 5.41) is 4.16. The largest absolute Gasteiger partial charge is 0.496 e. The van der Waals surface area contributed by atoms with Gasteiger partial charge >= 0.3 is 0 Å². The highest BCUT2D eigenvalue weighted by atomic mass is 31.2. The van der Waals surface area contributed by atoms with E-state index >= 15 is 0 Å². The van der Waals surface area contributed by atoms with Gasteiger partial charge in [0.2, 0.25) is 0 Å². The minimum Gasteiger partial charge on any atom is -0.496 e. The summed E-state index contributed by atoms with van der Waals surface area (Å²) in [6.07, 6.45) is 0. The van der Waals surface area contributed by atoms with Gasteiger partial charge < -0.3 is 19.5 Å². The SMILES string of the molecule is COc1ccccc1[C@@H](Nc1ccccc1)[P@@](=O)(OCC(C)C)c1ccc(N(C)C)cc1. The third-order valence-electron chi connectivity index (χ3n) is 5.18. The maximum atomic E-state index is 14.8. The fourth-order valence-electron chi connectivity index (χ4n) is 3.45. The van der Waals surface area contributed by atoms with Crippen LogP contribution in [0.25, 0.3) is 0 Å². The number of nitrogens with zero attached hydrogens (tertiary/aromatic N) is 1. The summed E-state index contributed by atoms with van der Waals surface area (Å²) in [6.45, 7) is 4.50. The van der Waals surface area contributed by atoms with Crippen molar-refractivity contribution in [2.75, 3.05) is 38.0 Å². The Morgan fingerprint density at radius 2 is 1.53 bits per heavy atom. The van der Waals surface area contributed by atoms with E-state index in [4.69, 9.17) is 9.26 Å². The van der Waals surface area contributed by atoms with Crippen LogP contribution in [-0.2, 0) is 9.09 Å². The second kappa shape index (κ2) is 10.7. The molecule has 170 valence electrons. The molecule has 0 spiro atoms. The van der Waals surface area contributed by atoms with Crippen molar-refractivity contribution in [1.82, 2.24) is 0 Å². The molecule has 0 aliphatic rings. The van der Waals surface area contributed by atoms with Gasteiger partial charge in [0.15, 0.2) is 0 Å². The summed E-state index contributed by atoms with van der Waals surface area (Å²) in [5.74, 6) is 0.281. The zero-order chi connectivity index (χ0) is 23.1. The van der Waals surface area contributed by atoms with Crippen LogP contribution in [0.4, 0.5) is 11.4 Å². The van der Waals surface area contributed by atoms with E-state index in [2.05, 4.69) is 19.2 Å². The molecular weight excluding hydrogens is 419 g/mol. The van der Waals surface area contributed by atoms with Crippen molar-refractivity contribution in [2.45, 2.75) is 19.6 Å². The molecule has 0 heterocycles. The van der Waals surface area contributed by atoms with Crippen molar-refractivity contribution in [2.24, 2.45) is 5.92 Å². The second-order valence-corrected chi connectivity index (χ2v) is 10.8. The van der Waals surface area contributed by atoms with E-state index in [9.17, 15) is 4.57 Å². The normalized spacial score (nSPS) is 13.9. The first-order chi connectivity index (χ1) is 15.3. The first-order valence-electron chi connectivity index (χ1n) is 10.8. The van der Waals surface area contributed by atoms with E-state index in [0.717, 1.165) is 16.9 Å². The molecule has 0 radical (unpaired) electrons. The summed E-state index contributed by atoms with van der Waals surface area (Å²) in [6, 6.07) is 25.2. The van der Waals surface area contributed by atoms with Gasteiger partial charge in [0.05, 0.1) is 13.7 Å². The van der Waals surface area contributed by atoms with Crippen LogP contribution in [0.5, 0.6) is 5.75 Å². The molecule has 5 nitrogen and oxygen atoms in total. The summed E-state index contributed by atoms with van der Waals surface area (Å²) < 4.78 is 26.8. The third kappa shape index (κ3) is 5.53. The lowest BCUT2D eigenvalue weighted by molar-refractivity contribution is 0.272. The molecule has 0 aromatic heterocycles. The van der Waals surface area contributed by atoms with E-state index < -0.39 is 13.2 Å². The number of hydrogen-bond acceptors (Lipinski definition) is 5. The molecule has 6 heteroatoms. The van der Waals surface area contributed by atoms with E-state index in [1.807, 2.05) is 97.9 Å². The Kier molecular flexibility index (Phi) is 8.00. The van der Waals surface area contributed by atoms with E-state index in [-0.39, 0.29) is 5.92 Å². The topological polar surface area (TPSA) is 50.8 Å². The van der Waals surface area contributed by atoms with Gasteiger partial charge in [-0.25, -0.2) is 0 Å². The molecule has 0 fully saturated rings. The van der Waals surface area contributed by atoms with Gasteiger partial charge in [0.25, 0.3) is 7.37 Å². The fraction of sp³-hybridized carbons (Fsp3) is 0.308. The monoisotopic (exact) mass is 452 g/mol. The number of hydrogen-bond donors (Lipinski definition) is 1. The lowest BCUT2D eigenvalue weighted by Crippen LogP contribution is -2.22. The predicted octanol–water partition coefficient (Wildman–Crippen LogP) is 6.15. The highest BCUT2D eigenvalue weighted by Gasteiger charge is 2.39. The van der Waals surface area contributed by atoms with Gasteiger partial charge in [0, 0.05) is 36.3 Å². The zero-order valence-corrected chi connectivity index (χ0v) is 20.4. The molecule has 0 bridgehead atoms. The second-order valence-electron chi connectivity index (χ2n) is 8.35. The van der Waals surface area contributed by atoms with Crippen LogP contribution >= 0.6 is 7.37 Å². The smallest absolute Gasteiger partial charge is 0.258 e. The first-order valence-corrected chi connectivity index (χ1v) is 12.5. The molecule has 0 unspecified atom stereocenters. The van der Waals surface area contributed by atoms with Crippen molar-refractivity contribution < 1.29 is 13.8 Å². The Balaban J connectivity index is 2.16. The van der Waals surface area contributed by atoms with Gasteiger partial charge in [-0.3, -0.25) is 4.57 Å². The Hall–Kier alpha value is -2.75. The van der Waals surface area contributed by atoms with Gasteiger partial charge in [-0.1, -0.05) is 50.2 Å². The summed E-state index contributed by atoms with van der Waals surface area (Å²) in [4.78, 5) is 2.02. The molecule has 3 aromatic rings. The maximum Gasteiger partial charge on any atom is 0.258 e. The molecule has 1 N–H and O–H groups in total. The molecule has 0 saturated carbocycles. The minimum absolute atomic E-state index is 0.236. The number of rotatable bonds is 10. The molecule has 0 aliphatic heterocycles. The van der Waals surface area contributed by atoms with Crippen LogP contribution in [0.15, 0.2) is 78.9 Å². The van der Waals surface area contributed by atoms with Crippen LogP contribution in [0.2, 0.25) is 0 Å². The van der Waals surface area contributed by atoms with Crippen LogP contribution in [0, 0.1) is 5.92 Å². The Labute approximate surface area is 191 Å². The average molecular weight is 453 g/mol. The quantitative estimate of drug-likeness (QED) is 0.374. The van der Waals surface area contributed by atoms with Gasteiger partial charge in [-0.15, -0.1) is 0 Å². The molecular formula is C26H33N2O3P. The zero-order valence-electron chi connectivity index (χ0n) is 19.5. The lowest BCUT2D eigenvalue weighted by atomic mass is 10.2. The molecule has 3 aromatic carbocycles. The average Bonchev–Trinajstić information content (AvgIpc) is 2.81. The Morgan fingerprint density at radius 3 is 2.12 bits per heavy atom. The minimum atomic E-state index is -3.42. The molecule has 2 atom stereocenters. The molecule has 32 heavy (non-hydrogen) atoms. The first kappa shape index (κ1) is 23.9. The van der Waals surface area contributed by atoms with Gasteiger partial charge in [0.1, 0.15) is 11.5 Å². The van der Waals surface area contributed by atoms with Crippen LogP contribution in [0.3, 0.4) is 0 Å². The molecule has 0 aliphatic carbocycles. The van der Waals surface area contributed by atoms with Crippen LogP contribution in [0.1, 0.15) is 25.2 Å². The number of para-hydroxylation sites is 2. The number of anilines is 2. The molecule has 0 amide bonds. The highest BCUT2D eigenvalue weighted by molar-refractivity contribution is 7.67. The highest BCUT2D eigenvalue weighted by Crippen LogP contribution is 2.60. The third-order valence-corrected chi connectivity index (χ3v) is 7.81. The predicted molar refractivity (Wildman–Crippen MR) is 135 cm³/mol. The number of benzene rings is 3. The summed E-state index contributed by atoms with van der Waals surface area (Å²) in [5.41, 5.74) is 2.69.